The molecule has 0 bridgehead atoms. The number of nitro benzene ring substituents is 1. The first-order valence-corrected chi connectivity index (χ1v) is 9.28. The molecule has 0 aliphatic rings. The van der Waals surface area contributed by atoms with Gasteiger partial charge in [0.05, 0.1) is 22.7 Å². The van der Waals surface area contributed by atoms with Gasteiger partial charge in [0.25, 0.3) is 11.6 Å². The van der Waals surface area contributed by atoms with Crippen molar-refractivity contribution in [2.45, 2.75) is 6.10 Å². The number of ether oxygens (including phenoxy) is 2. The number of rotatable bonds is 7. The first-order chi connectivity index (χ1) is 14.9. The van der Waals surface area contributed by atoms with Crippen LogP contribution in [-0.2, 0) is 9.53 Å². The molecule has 0 aliphatic heterocycles. The molecule has 10 heteroatoms. The van der Waals surface area contributed by atoms with Crippen LogP contribution in [0.3, 0.4) is 0 Å². The molecular weight excluding hydrogens is 426 g/mol. The van der Waals surface area contributed by atoms with Crippen molar-refractivity contribution in [3.05, 3.63) is 93.1 Å². The number of benzene rings is 2. The first-order valence-electron chi connectivity index (χ1n) is 8.90. The lowest BCUT2D eigenvalue weighted by Gasteiger charge is -2.19. The molecule has 1 atom stereocenters. The highest BCUT2D eigenvalue weighted by molar-refractivity contribution is 6.34. The maximum absolute atomic E-state index is 13.0. The third-order valence-electron chi connectivity index (χ3n) is 4.17. The van der Waals surface area contributed by atoms with E-state index < -0.39 is 22.9 Å². The second-order valence-corrected chi connectivity index (χ2v) is 6.57. The zero-order valence-electron chi connectivity index (χ0n) is 16.2. The van der Waals surface area contributed by atoms with Crippen LogP contribution in [0.25, 0.3) is 0 Å². The highest BCUT2D eigenvalue weighted by Crippen LogP contribution is 2.29. The molecule has 0 fully saturated rings. The van der Waals surface area contributed by atoms with Crippen LogP contribution in [0.5, 0.6) is 5.88 Å². The van der Waals surface area contributed by atoms with Crippen LogP contribution >= 0.6 is 11.6 Å². The number of non-ortho nitro benzene ring substituents is 1. The molecule has 0 aliphatic carbocycles. The lowest BCUT2D eigenvalue weighted by Crippen LogP contribution is -2.26. The van der Waals surface area contributed by atoms with Gasteiger partial charge in [0.15, 0.2) is 0 Å². The molecule has 31 heavy (non-hydrogen) atoms. The first kappa shape index (κ1) is 21.7. The van der Waals surface area contributed by atoms with Crippen molar-refractivity contribution in [1.82, 2.24) is 4.98 Å². The number of nitrogens with zero attached hydrogens (tertiary/aromatic N) is 2. The summed E-state index contributed by atoms with van der Waals surface area (Å²) in [6.45, 7) is 0. The van der Waals surface area contributed by atoms with Crippen LogP contribution in [-0.4, -0.2) is 28.9 Å². The average molecular weight is 442 g/mol. The second kappa shape index (κ2) is 9.68. The zero-order valence-corrected chi connectivity index (χ0v) is 16.9. The zero-order chi connectivity index (χ0) is 22.4. The van der Waals surface area contributed by atoms with Crippen LogP contribution in [0.1, 0.15) is 22.0 Å². The van der Waals surface area contributed by atoms with Crippen molar-refractivity contribution in [1.29, 1.82) is 0 Å². The molecule has 3 aromatic rings. The van der Waals surface area contributed by atoms with Gasteiger partial charge in [0, 0.05) is 23.9 Å². The molecule has 1 N–H and O–H groups in total. The van der Waals surface area contributed by atoms with E-state index in [-0.39, 0.29) is 27.8 Å². The molecule has 0 saturated carbocycles. The van der Waals surface area contributed by atoms with Gasteiger partial charge in [-0.05, 0) is 18.2 Å². The number of halogens is 1. The number of hydrogen-bond donors (Lipinski definition) is 1. The highest BCUT2D eigenvalue weighted by Gasteiger charge is 2.28. The number of carbonyl (C=O) groups is 2. The number of nitrogens with one attached hydrogen (secondary N) is 1. The van der Waals surface area contributed by atoms with Gasteiger partial charge in [-0.25, -0.2) is 9.78 Å². The molecule has 1 unspecified atom stereocenters. The fraction of sp³-hybridized carbons (Fsp3) is 0.0952. The molecule has 158 valence electrons. The summed E-state index contributed by atoms with van der Waals surface area (Å²) in [4.78, 5) is 39.9. The topological polar surface area (TPSA) is 121 Å². The molecule has 1 heterocycles. The van der Waals surface area contributed by atoms with Crippen LogP contribution in [0, 0.1) is 10.1 Å². The van der Waals surface area contributed by atoms with Gasteiger partial charge in [0.2, 0.25) is 12.0 Å². The number of hydrogen-bond acceptors (Lipinski definition) is 7. The van der Waals surface area contributed by atoms with E-state index in [2.05, 4.69) is 10.3 Å². The minimum absolute atomic E-state index is 0.0328. The van der Waals surface area contributed by atoms with Crippen molar-refractivity contribution in [3.8, 4) is 5.88 Å². The van der Waals surface area contributed by atoms with Crippen molar-refractivity contribution in [2.75, 3.05) is 12.4 Å². The molecule has 0 radical (unpaired) electrons. The lowest BCUT2D eigenvalue weighted by molar-refractivity contribution is -0.384. The predicted molar refractivity (Wildman–Crippen MR) is 112 cm³/mol. The Morgan fingerprint density at radius 2 is 1.87 bits per heavy atom. The molecular formula is C21H16ClN3O6. The van der Waals surface area contributed by atoms with E-state index in [0.717, 1.165) is 6.07 Å². The van der Waals surface area contributed by atoms with Gasteiger partial charge < -0.3 is 14.8 Å². The number of methoxy groups -OCH3 is 1. The van der Waals surface area contributed by atoms with Crippen molar-refractivity contribution in [3.63, 3.8) is 0 Å². The SMILES string of the molecule is COc1ncccc1C(=O)OC(C(=O)Nc1ccc([N+](=O)[O-])cc1Cl)c1ccccc1. The molecule has 9 nitrogen and oxygen atoms in total. The van der Waals surface area contributed by atoms with Crippen LogP contribution in [0.15, 0.2) is 66.9 Å². The van der Waals surface area contributed by atoms with E-state index in [0.29, 0.717) is 5.56 Å². The highest BCUT2D eigenvalue weighted by atomic mass is 35.5. The molecule has 0 saturated heterocycles. The van der Waals surface area contributed by atoms with Crippen molar-refractivity contribution < 1.29 is 24.0 Å². The van der Waals surface area contributed by atoms with E-state index in [1.165, 1.54) is 37.6 Å². The Bertz CT molecular complexity index is 1120. The second-order valence-electron chi connectivity index (χ2n) is 6.17. The molecule has 2 aromatic carbocycles. The monoisotopic (exact) mass is 441 g/mol. The maximum atomic E-state index is 13.0. The Kier molecular flexibility index (Phi) is 6.78. The summed E-state index contributed by atoms with van der Waals surface area (Å²) in [6, 6.07) is 15.0. The Morgan fingerprint density at radius 3 is 2.52 bits per heavy atom. The van der Waals surface area contributed by atoms with Gasteiger partial charge in [0.1, 0.15) is 5.56 Å². The van der Waals surface area contributed by atoms with Crippen LogP contribution < -0.4 is 10.1 Å². The number of pyridine rings is 1. The number of nitro groups is 1. The third-order valence-corrected chi connectivity index (χ3v) is 4.48. The Labute approximate surface area is 181 Å². The Balaban J connectivity index is 1.88. The van der Waals surface area contributed by atoms with Gasteiger partial charge in [-0.2, -0.15) is 0 Å². The summed E-state index contributed by atoms with van der Waals surface area (Å²) in [5, 5.41) is 13.4. The summed E-state index contributed by atoms with van der Waals surface area (Å²) >= 11 is 6.06. The van der Waals surface area contributed by atoms with E-state index in [1.807, 2.05) is 0 Å². The van der Waals surface area contributed by atoms with Gasteiger partial charge in [-0.3, -0.25) is 14.9 Å². The lowest BCUT2D eigenvalue weighted by atomic mass is 10.1. The van der Waals surface area contributed by atoms with E-state index in [9.17, 15) is 19.7 Å². The minimum Gasteiger partial charge on any atom is -0.480 e. The smallest absolute Gasteiger partial charge is 0.344 e. The molecule has 1 aromatic heterocycles. The Hall–Kier alpha value is -3.98. The van der Waals surface area contributed by atoms with Crippen molar-refractivity contribution in [2.24, 2.45) is 0 Å². The largest absolute Gasteiger partial charge is 0.480 e. The van der Waals surface area contributed by atoms with Gasteiger partial charge >= 0.3 is 5.97 Å². The summed E-state index contributed by atoms with van der Waals surface area (Å²) in [7, 11) is 1.36. The number of anilines is 1. The van der Waals surface area contributed by atoms with E-state index in [4.69, 9.17) is 21.1 Å². The van der Waals surface area contributed by atoms with E-state index >= 15 is 0 Å². The fourth-order valence-electron chi connectivity index (χ4n) is 2.70. The maximum Gasteiger partial charge on any atom is 0.344 e. The summed E-state index contributed by atoms with van der Waals surface area (Å²) in [5.41, 5.74) is 0.368. The van der Waals surface area contributed by atoms with Crippen LogP contribution in [0.4, 0.5) is 11.4 Å². The van der Waals surface area contributed by atoms with Gasteiger partial charge in [-0.1, -0.05) is 41.9 Å². The molecule has 0 spiro atoms. The standard InChI is InChI=1S/C21H16ClN3O6/c1-30-20-15(8-5-11-23-20)21(27)31-18(13-6-3-2-4-7-13)19(26)24-17-10-9-14(25(28)29)12-16(17)22/h2-12,18H,1H3,(H,24,26). The molecule has 1 amide bonds. The van der Waals surface area contributed by atoms with Crippen molar-refractivity contribution >= 4 is 34.9 Å². The number of esters is 1. The van der Waals surface area contributed by atoms with Gasteiger partial charge in [-0.15, -0.1) is 0 Å². The minimum atomic E-state index is -1.33. The molecule has 3 rings (SSSR count). The summed E-state index contributed by atoms with van der Waals surface area (Å²) in [6.07, 6.45) is 0.123. The predicted octanol–water partition coefficient (Wildman–Crippen LogP) is 4.19. The fourth-order valence-corrected chi connectivity index (χ4v) is 2.92. The summed E-state index contributed by atoms with van der Waals surface area (Å²) < 4.78 is 10.5. The van der Waals surface area contributed by atoms with E-state index in [1.54, 1.807) is 30.3 Å². The average Bonchev–Trinajstić information content (AvgIpc) is 2.78. The normalized spacial score (nSPS) is 11.3. The number of aromatic nitrogens is 1. The third kappa shape index (κ3) is 5.14. The number of carbonyl (C=O) groups excluding carboxylic acids is 2. The summed E-state index contributed by atoms with van der Waals surface area (Å²) in [5.74, 6) is -1.46. The quantitative estimate of drug-likeness (QED) is 0.331. The Morgan fingerprint density at radius 1 is 1.13 bits per heavy atom. The number of amides is 1. The van der Waals surface area contributed by atoms with Crippen LogP contribution in [0.2, 0.25) is 5.02 Å².